The highest BCUT2D eigenvalue weighted by Gasteiger charge is 2.30. The fourth-order valence-electron chi connectivity index (χ4n) is 2.94. The van der Waals surface area contributed by atoms with Gasteiger partial charge in [-0.05, 0) is 48.9 Å². The molecule has 2 heterocycles. The van der Waals surface area contributed by atoms with E-state index in [0.717, 1.165) is 24.9 Å². The van der Waals surface area contributed by atoms with Crippen LogP contribution in [-0.4, -0.2) is 17.4 Å². The molecule has 1 aromatic carbocycles. The molecular weight excluding hydrogens is 266 g/mol. The number of fused-ring (bicyclic) bond motifs is 1. The van der Waals surface area contributed by atoms with E-state index in [2.05, 4.69) is 18.4 Å². The lowest BCUT2D eigenvalue weighted by Gasteiger charge is -2.35. The van der Waals surface area contributed by atoms with Gasteiger partial charge in [0.05, 0.1) is 6.04 Å². The first-order valence-corrected chi connectivity index (χ1v) is 8.02. The van der Waals surface area contributed by atoms with Crippen molar-refractivity contribution in [3.05, 3.63) is 57.3 Å². The molecule has 3 heteroatoms. The van der Waals surface area contributed by atoms with Gasteiger partial charge in [-0.1, -0.05) is 24.6 Å². The summed E-state index contributed by atoms with van der Waals surface area (Å²) in [4.78, 5) is 16.2. The highest BCUT2D eigenvalue weighted by atomic mass is 32.1. The predicted molar refractivity (Wildman–Crippen MR) is 83.3 cm³/mol. The standard InChI is InChI=1S/C17H19NOS/c1-3-15-14-9-11-20-16(14)8-10-18(15)17(19)13-6-4-12(2)5-7-13/h4-7,9,11,15H,3,8,10H2,1-2H3. The molecule has 0 saturated carbocycles. The third-order valence-corrected chi connectivity index (χ3v) is 5.04. The van der Waals surface area contributed by atoms with E-state index in [4.69, 9.17) is 0 Å². The Kier molecular flexibility index (Phi) is 3.62. The summed E-state index contributed by atoms with van der Waals surface area (Å²) in [5.41, 5.74) is 3.34. The Morgan fingerprint density at radius 3 is 2.75 bits per heavy atom. The minimum atomic E-state index is 0.161. The molecule has 3 rings (SSSR count). The summed E-state index contributed by atoms with van der Waals surface area (Å²) in [6.07, 6.45) is 1.96. The molecular formula is C17H19NOS. The number of hydrogen-bond donors (Lipinski definition) is 0. The van der Waals surface area contributed by atoms with Gasteiger partial charge in [0.1, 0.15) is 0 Å². The maximum absolute atomic E-state index is 12.7. The van der Waals surface area contributed by atoms with Gasteiger partial charge in [0, 0.05) is 17.0 Å². The van der Waals surface area contributed by atoms with Gasteiger partial charge in [-0.15, -0.1) is 11.3 Å². The highest BCUT2D eigenvalue weighted by Crippen LogP contribution is 2.35. The van der Waals surface area contributed by atoms with Gasteiger partial charge in [-0.25, -0.2) is 0 Å². The number of amides is 1. The second kappa shape index (κ2) is 5.41. The van der Waals surface area contributed by atoms with Crippen LogP contribution in [0.5, 0.6) is 0 Å². The van der Waals surface area contributed by atoms with Gasteiger partial charge in [0.2, 0.25) is 0 Å². The van der Waals surface area contributed by atoms with E-state index in [9.17, 15) is 4.79 Å². The van der Waals surface area contributed by atoms with Gasteiger partial charge in [0.15, 0.2) is 0 Å². The summed E-state index contributed by atoms with van der Waals surface area (Å²) in [7, 11) is 0. The van der Waals surface area contributed by atoms with Crippen molar-refractivity contribution in [1.29, 1.82) is 0 Å². The van der Waals surface area contributed by atoms with Crippen LogP contribution >= 0.6 is 11.3 Å². The van der Waals surface area contributed by atoms with Crippen LogP contribution in [0.1, 0.15) is 45.7 Å². The number of hydrogen-bond acceptors (Lipinski definition) is 2. The maximum Gasteiger partial charge on any atom is 0.254 e. The first-order valence-electron chi connectivity index (χ1n) is 7.14. The van der Waals surface area contributed by atoms with Crippen LogP contribution in [-0.2, 0) is 6.42 Å². The average Bonchev–Trinajstić information content (AvgIpc) is 2.94. The van der Waals surface area contributed by atoms with Crippen LogP contribution in [0.15, 0.2) is 35.7 Å². The van der Waals surface area contributed by atoms with Crippen molar-refractivity contribution in [2.75, 3.05) is 6.54 Å². The number of rotatable bonds is 2. The van der Waals surface area contributed by atoms with Crippen molar-refractivity contribution >= 4 is 17.2 Å². The molecule has 2 nitrogen and oxygen atoms in total. The van der Waals surface area contributed by atoms with Crippen LogP contribution in [0.2, 0.25) is 0 Å². The molecule has 104 valence electrons. The zero-order chi connectivity index (χ0) is 14.1. The minimum Gasteiger partial charge on any atom is -0.331 e. The van der Waals surface area contributed by atoms with E-state index in [1.165, 1.54) is 16.0 Å². The van der Waals surface area contributed by atoms with Crippen LogP contribution in [0, 0.1) is 6.92 Å². The molecule has 20 heavy (non-hydrogen) atoms. The van der Waals surface area contributed by atoms with E-state index >= 15 is 0 Å². The van der Waals surface area contributed by atoms with Crippen molar-refractivity contribution in [2.45, 2.75) is 32.7 Å². The lowest BCUT2D eigenvalue weighted by molar-refractivity contribution is 0.0657. The molecule has 1 unspecified atom stereocenters. The average molecular weight is 285 g/mol. The predicted octanol–water partition coefficient (Wildman–Crippen LogP) is 4.21. The summed E-state index contributed by atoms with van der Waals surface area (Å²) >= 11 is 1.82. The molecule has 2 aromatic rings. The Morgan fingerprint density at radius 2 is 2.05 bits per heavy atom. The van der Waals surface area contributed by atoms with Gasteiger partial charge in [-0.2, -0.15) is 0 Å². The summed E-state index contributed by atoms with van der Waals surface area (Å²) in [6, 6.07) is 10.3. The van der Waals surface area contributed by atoms with E-state index in [-0.39, 0.29) is 11.9 Å². The van der Waals surface area contributed by atoms with Crippen molar-refractivity contribution in [2.24, 2.45) is 0 Å². The van der Waals surface area contributed by atoms with E-state index in [1.807, 2.05) is 47.4 Å². The molecule has 0 bridgehead atoms. The molecule has 1 aliphatic rings. The fourth-order valence-corrected chi connectivity index (χ4v) is 3.87. The van der Waals surface area contributed by atoms with Crippen molar-refractivity contribution in [3.63, 3.8) is 0 Å². The summed E-state index contributed by atoms with van der Waals surface area (Å²) in [6.45, 7) is 5.03. The Balaban J connectivity index is 1.90. The minimum absolute atomic E-state index is 0.161. The van der Waals surface area contributed by atoms with Gasteiger partial charge < -0.3 is 4.90 Å². The second-order valence-electron chi connectivity index (χ2n) is 5.34. The van der Waals surface area contributed by atoms with E-state index in [1.54, 1.807) is 0 Å². The Labute approximate surface area is 124 Å². The lowest BCUT2D eigenvalue weighted by atomic mass is 9.96. The summed E-state index contributed by atoms with van der Waals surface area (Å²) in [5, 5.41) is 2.15. The molecule has 0 spiro atoms. The van der Waals surface area contributed by atoms with Crippen molar-refractivity contribution in [1.82, 2.24) is 4.90 Å². The zero-order valence-electron chi connectivity index (χ0n) is 11.9. The van der Waals surface area contributed by atoms with Crippen LogP contribution in [0.3, 0.4) is 0 Å². The largest absolute Gasteiger partial charge is 0.331 e. The maximum atomic E-state index is 12.7. The molecule has 0 saturated heterocycles. The third kappa shape index (κ3) is 2.27. The first-order chi connectivity index (χ1) is 9.70. The van der Waals surface area contributed by atoms with Crippen LogP contribution < -0.4 is 0 Å². The molecule has 0 N–H and O–H groups in total. The van der Waals surface area contributed by atoms with Gasteiger partial charge in [-0.3, -0.25) is 4.79 Å². The topological polar surface area (TPSA) is 20.3 Å². The second-order valence-corrected chi connectivity index (χ2v) is 6.34. The third-order valence-electron chi connectivity index (χ3n) is 4.04. The molecule has 0 aliphatic carbocycles. The number of aryl methyl sites for hydroxylation is 1. The lowest BCUT2D eigenvalue weighted by Crippen LogP contribution is -2.39. The zero-order valence-corrected chi connectivity index (χ0v) is 12.7. The number of carbonyl (C=O) groups excluding carboxylic acids is 1. The Hall–Kier alpha value is -1.61. The fraction of sp³-hybridized carbons (Fsp3) is 0.353. The summed E-state index contributed by atoms with van der Waals surface area (Å²) in [5.74, 6) is 0.161. The quantitative estimate of drug-likeness (QED) is 0.809. The SMILES string of the molecule is CCC1c2ccsc2CCN1C(=O)c1ccc(C)cc1. The molecule has 1 aliphatic heterocycles. The smallest absolute Gasteiger partial charge is 0.254 e. The monoisotopic (exact) mass is 285 g/mol. The van der Waals surface area contributed by atoms with E-state index in [0.29, 0.717) is 0 Å². The van der Waals surface area contributed by atoms with Gasteiger partial charge >= 0.3 is 0 Å². The highest BCUT2D eigenvalue weighted by molar-refractivity contribution is 7.10. The molecule has 1 amide bonds. The number of nitrogens with zero attached hydrogens (tertiary/aromatic N) is 1. The van der Waals surface area contributed by atoms with Crippen molar-refractivity contribution in [3.8, 4) is 0 Å². The normalized spacial score (nSPS) is 17.9. The number of thiophene rings is 1. The van der Waals surface area contributed by atoms with E-state index < -0.39 is 0 Å². The molecule has 0 fully saturated rings. The Morgan fingerprint density at radius 1 is 1.30 bits per heavy atom. The molecule has 0 radical (unpaired) electrons. The Bertz CT molecular complexity index is 614. The van der Waals surface area contributed by atoms with Crippen LogP contribution in [0.25, 0.3) is 0 Å². The van der Waals surface area contributed by atoms with Crippen LogP contribution in [0.4, 0.5) is 0 Å². The van der Waals surface area contributed by atoms with Crippen molar-refractivity contribution < 1.29 is 4.79 Å². The summed E-state index contributed by atoms with van der Waals surface area (Å²) < 4.78 is 0. The number of carbonyl (C=O) groups is 1. The first kappa shape index (κ1) is 13.4. The molecule has 1 atom stereocenters. The molecule has 1 aromatic heterocycles. The van der Waals surface area contributed by atoms with Gasteiger partial charge in [0.25, 0.3) is 5.91 Å². The number of benzene rings is 1.